The van der Waals surface area contributed by atoms with Gasteiger partial charge in [0.2, 0.25) is 0 Å². The summed E-state index contributed by atoms with van der Waals surface area (Å²) in [6.07, 6.45) is 2.38. The number of unbranched alkanes of at least 4 members (excludes halogenated alkanes) is 1. The summed E-state index contributed by atoms with van der Waals surface area (Å²) in [6.45, 7) is 6.35. The quantitative estimate of drug-likeness (QED) is 0.645. The van der Waals surface area contributed by atoms with Gasteiger partial charge in [0.1, 0.15) is 0 Å². The Balaban J connectivity index is 2.60. The van der Waals surface area contributed by atoms with Crippen LogP contribution in [0, 0.1) is 0 Å². The molecule has 0 saturated heterocycles. The minimum Gasteiger partial charge on any atom is -0.493 e. The molecule has 0 spiro atoms. The maximum atomic E-state index is 12.7. The first-order chi connectivity index (χ1) is 13.1. The molecular weight excluding hydrogens is 348 g/mol. The summed E-state index contributed by atoms with van der Waals surface area (Å²) in [7, 11) is 1.55. The van der Waals surface area contributed by atoms with Crippen LogP contribution in [0.4, 0.5) is 4.79 Å². The van der Waals surface area contributed by atoms with Crippen molar-refractivity contribution in [1.82, 2.24) is 10.6 Å². The lowest BCUT2D eigenvalue weighted by atomic mass is 9.92. The fraction of sp³-hybridized carbons (Fsp3) is 0.500. The molecule has 1 aliphatic heterocycles. The van der Waals surface area contributed by atoms with Crippen LogP contribution in [0.5, 0.6) is 11.5 Å². The van der Waals surface area contributed by atoms with Gasteiger partial charge in [-0.2, -0.15) is 0 Å². The fourth-order valence-electron chi connectivity index (χ4n) is 3.07. The molecule has 2 rings (SSSR count). The van der Waals surface area contributed by atoms with Crippen molar-refractivity contribution in [2.45, 2.75) is 46.1 Å². The highest BCUT2D eigenvalue weighted by molar-refractivity contribution is 5.95. The Kier molecular flexibility index (Phi) is 7.52. The lowest BCUT2D eigenvalue weighted by Gasteiger charge is -2.30. The Bertz CT molecular complexity index is 714. The van der Waals surface area contributed by atoms with E-state index >= 15 is 0 Å². The van der Waals surface area contributed by atoms with E-state index in [0.29, 0.717) is 41.4 Å². The molecule has 27 heavy (non-hydrogen) atoms. The van der Waals surface area contributed by atoms with Crippen molar-refractivity contribution in [2.24, 2.45) is 0 Å². The van der Waals surface area contributed by atoms with Gasteiger partial charge in [0.25, 0.3) is 0 Å². The van der Waals surface area contributed by atoms with E-state index < -0.39 is 12.0 Å². The predicted molar refractivity (Wildman–Crippen MR) is 102 cm³/mol. The second-order valence-electron chi connectivity index (χ2n) is 6.06. The summed E-state index contributed by atoms with van der Waals surface area (Å²) in [4.78, 5) is 25.0. The van der Waals surface area contributed by atoms with E-state index in [-0.39, 0.29) is 12.6 Å². The van der Waals surface area contributed by atoms with Crippen LogP contribution < -0.4 is 20.1 Å². The normalized spacial score (nSPS) is 16.4. The van der Waals surface area contributed by atoms with Crippen molar-refractivity contribution >= 4 is 12.0 Å². The fourth-order valence-corrected chi connectivity index (χ4v) is 3.07. The maximum Gasteiger partial charge on any atom is 0.338 e. The third-order valence-corrected chi connectivity index (χ3v) is 4.26. The van der Waals surface area contributed by atoms with E-state index in [1.54, 1.807) is 26.2 Å². The lowest BCUT2D eigenvalue weighted by molar-refractivity contribution is -0.139. The highest BCUT2D eigenvalue weighted by Gasteiger charge is 2.35. The zero-order valence-electron chi connectivity index (χ0n) is 16.4. The first kappa shape index (κ1) is 20.6. The number of carbonyl (C=O) groups excluding carboxylic acids is 2. The monoisotopic (exact) mass is 376 g/mol. The Morgan fingerprint density at radius 3 is 2.59 bits per heavy atom. The van der Waals surface area contributed by atoms with Crippen molar-refractivity contribution in [3.8, 4) is 11.5 Å². The van der Waals surface area contributed by atoms with Crippen LogP contribution in [0.25, 0.3) is 0 Å². The number of methoxy groups -OCH3 is 1. The summed E-state index contributed by atoms with van der Waals surface area (Å²) in [5.41, 5.74) is 1.65. The number of amides is 2. The Hall–Kier alpha value is -2.70. The predicted octanol–water partition coefficient (Wildman–Crippen LogP) is 3.46. The number of hydrogen-bond donors (Lipinski definition) is 2. The van der Waals surface area contributed by atoms with Gasteiger partial charge < -0.3 is 24.8 Å². The smallest absolute Gasteiger partial charge is 0.338 e. The van der Waals surface area contributed by atoms with Crippen LogP contribution in [0.3, 0.4) is 0 Å². The van der Waals surface area contributed by atoms with Gasteiger partial charge in [0, 0.05) is 11.3 Å². The highest BCUT2D eigenvalue weighted by atomic mass is 16.5. The third-order valence-electron chi connectivity index (χ3n) is 4.26. The molecule has 0 radical (unpaired) electrons. The van der Waals surface area contributed by atoms with E-state index in [0.717, 1.165) is 12.8 Å². The van der Waals surface area contributed by atoms with E-state index in [2.05, 4.69) is 17.6 Å². The average molecular weight is 376 g/mol. The molecule has 1 aromatic carbocycles. The van der Waals surface area contributed by atoms with Crippen molar-refractivity contribution < 1.29 is 23.8 Å². The van der Waals surface area contributed by atoms with Gasteiger partial charge in [-0.25, -0.2) is 9.59 Å². The van der Waals surface area contributed by atoms with Gasteiger partial charge in [-0.3, -0.25) is 0 Å². The number of ether oxygens (including phenoxy) is 3. The summed E-state index contributed by atoms with van der Waals surface area (Å²) in [5.74, 6) is 0.596. The number of esters is 1. The van der Waals surface area contributed by atoms with Crippen LogP contribution in [0.15, 0.2) is 29.5 Å². The van der Waals surface area contributed by atoms with Gasteiger partial charge >= 0.3 is 12.0 Å². The first-order valence-electron chi connectivity index (χ1n) is 9.34. The van der Waals surface area contributed by atoms with Crippen molar-refractivity contribution in [3.05, 3.63) is 35.0 Å². The number of benzene rings is 1. The minimum absolute atomic E-state index is 0.250. The molecule has 148 valence electrons. The van der Waals surface area contributed by atoms with Gasteiger partial charge in [-0.1, -0.05) is 25.5 Å². The summed E-state index contributed by atoms with van der Waals surface area (Å²) >= 11 is 0. The SMILES string of the molecule is CCCCC1=C(C(=O)OCC)C(c2cccc(OC)c2OCC)NC(=O)N1. The highest BCUT2D eigenvalue weighted by Crippen LogP contribution is 2.39. The van der Waals surface area contributed by atoms with Gasteiger partial charge in [-0.05, 0) is 32.8 Å². The molecule has 0 saturated carbocycles. The maximum absolute atomic E-state index is 12.7. The molecule has 1 atom stereocenters. The van der Waals surface area contributed by atoms with Crippen LogP contribution in [-0.4, -0.2) is 32.3 Å². The molecule has 1 heterocycles. The van der Waals surface area contributed by atoms with Crippen LogP contribution in [-0.2, 0) is 9.53 Å². The van der Waals surface area contributed by atoms with Gasteiger partial charge in [-0.15, -0.1) is 0 Å². The molecule has 0 aromatic heterocycles. The standard InChI is InChI=1S/C20H28N2O5/c1-5-8-11-14-16(19(23)27-7-3)17(22-20(24)21-14)13-10-9-12-15(25-4)18(13)26-6-2/h9-10,12,17H,5-8,11H2,1-4H3,(H2,21,22,24). The second-order valence-corrected chi connectivity index (χ2v) is 6.06. The zero-order chi connectivity index (χ0) is 19.8. The Morgan fingerprint density at radius 1 is 1.19 bits per heavy atom. The molecule has 0 aliphatic carbocycles. The molecule has 7 nitrogen and oxygen atoms in total. The number of rotatable bonds is 9. The molecule has 1 aliphatic rings. The van der Waals surface area contributed by atoms with Crippen molar-refractivity contribution in [1.29, 1.82) is 0 Å². The number of allylic oxidation sites excluding steroid dienone is 1. The average Bonchev–Trinajstić information content (AvgIpc) is 2.66. The second kappa shape index (κ2) is 9.85. The van der Waals surface area contributed by atoms with E-state index in [4.69, 9.17) is 14.2 Å². The molecule has 0 fully saturated rings. The summed E-state index contributed by atoms with van der Waals surface area (Å²) in [6, 6.07) is 4.37. The number of carbonyl (C=O) groups is 2. The summed E-state index contributed by atoms with van der Waals surface area (Å²) < 4.78 is 16.5. The number of nitrogens with one attached hydrogen (secondary N) is 2. The lowest BCUT2D eigenvalue weighted by Crippen LogP contribution is -2.46. The van der Waals surface area contributed by atoms with Crippen LogP contribution >= 0.6 is 0 Å². The van der Waals surface area contributed by atoms with Crippen molar-refractivity contribution in [2.75, 3.05) is 20.3 Å². The molecule has 1 aromatic rings. The van der Waals surface area contributed by atoms with Crippen LogP contribution in [0.1, 0.15) is 51.6 Å². The van der Waals surface area contributed by atoms with E-state index in [1.807, 2.05) is 13.0 Å². The molecule has 1 unspecified atom stereocenters. The molecule has 0 bridgehead atoms. The molecule has 2 N–H and O–H groups in total. The first-order valence-corrected chi connectivity index (χ1v) is 9.34. The number of urea groups is 1. The van der Waals surface area contributed by atoms with Gasteiger partial charge in [0.15, 0.2) is 11.5 Å². The topological polar surface area (TPSA) is 85.9 Å². The van der Waals surface area contributed by atoms with Crippen molar-refractivity contribution in [3.63, 3.8) is 0 Å². The van der Waals surface area contributed by atoms with Gasteiger partial charge in [0.05, 0.1) is 31.9 Å². The van der Waals surface area contributed by atoms with E-state index in [1.165, 1.54) is 0 Å². The third kappa shape index (κ3) is 4.72. The molecular formula is C20H28N2O5. The number of hydrogen-bond acceptors (Lipinski definition) is 5. The summed E-state index contributed by atoms with van der Waals surface area (Å²) in [5, 5.41) is 5.61. The molecule has 2 amide bonds. The largest absolute Gasteiger partial charge is 0.493 e. The molecule has 7 heteroatoms. The minimum atomic E-state index is -0.679. The zero-order valence-corrected chi connectivity index (χ0v) is 16.4. The van der Waals surface area contributed by atoms with Crippen LogP contribution in [0.2, 0.25) is 0 Å². The van der Waals surface area contributed by atoms with E-state index in [9.17, 15) is 9.59 Å². The number of para-hydroxylation sites is 1. The Morgan fingerprint density at radius 2 is 1.96 bits per heavy atom. The Labute approximate surface area is 160 Å².